The normalized spacial score (nSPS) is 10.3. The van der Waals surface area contributed by atoms with E-state index in [-0.39, 0.29) is 0 Å². The van der Waals surface area contributed by atoms with Crippen LogP contribution in [0.4, 0.5) is 5.95 Å². The van der Waals surface area contributed by atoms with Crippen molar-refractivity contribution in [3.05, 3.63) is 36.7 Å². The van der Waals surface area contributed by atoms with Crippen LogP contribution in [0.3, 0.4) is 0 Å². The fourth-order valence-electron chi connectivity index (χ4n) is 1.64. The van der Waals surface area contributed by atoms with Crippen molar-refractivity contribution >= 4 is 17.7 Å². The van der Waals surface area contributed by atoms with Crippen LogP contribution in [0.5, 0.6) is 0 Å². The van der Waals surface area contributed by atoms with Crippen molar-refractivity contribution in [2.75, 3.05) is 17.6 Å². The average Bonchev–Trinajstić information content (AvgIpc) is 2.41. The van der Waals surface area contributed by atoms with Gasteiger partial charge in [0.15, 0.2) is 0 Å². The third-order valence-corrected chi connectivity index (χ3v) is 3.38. The molecule has 0 bridgehead atoms. The summed E-state index contributed by atoms with van der Waals surface area (Å²) in [4.78, 5) is 9.85. The SMILES string of the molecule is CCNc1ncc(-c2ccc(SCC)cc2)cn1. The molecule has 2 aromatic rings. The molecule has 0 aliphatic carbocycles. The highest BCUT2D eigenvalue weighted by molar-refractivity contribution is 7.99. The van der Waals surface area contributed by atoms with Crippen molar-refractivity contribution in [2.45, 2.75) is 18.7 Å². The molecule has 4 heteroatoms. The summed E-state index contributed by atoms with van der Waals surface area (Å²) in [6.07, 6.45) is 3.71. The maximum absolute atomic E-state index is 4.28. The summed E-state index contributed by atoms with van der Waals surface area (Å²) in [6.45, 7) is 5.02. The van der Waals surface area contributed by atoms with Crippen LogP contribution < -0.4 is 5.32 Å². The lowest BCUT2D eigenvalue weighted by molar-refractivity contribution is 1.09. The van der Waals surface area contributed by atoms with E-state index in [2.05, 4.69) is 46.5 Å². The molecule has 0 aliphatic heterocycles. The van der Waals surface area contributed by atoms with Gasteiger partial charge in [-0.2, -0.15) is 0 Å². The minimum Gasteiger partial charge on any atom is -0.355 e. The molecule has 0 aliphatic rings. The van der Waals surface area contributed by atoms with Crippen molar-refractivity contribution in [1.82, 2.24) is 9.97 Å². The van der Waals surface area contributed by atoms with E-state index in [0.717, 1.165) is 23.4 Å². The van der Waals surface area contributed by atoms with Crippen molar-refractivity contribution in [3.63, 3.8) is 0 Å². The van der Waals surface area contributed by atoms with E-state index in [4.69, 9.17) is 0 Å². The molecule has 18 heavy (non-hydrogen) atoms. The Labute approximate surface area is 112 Å². The summed E-state index contributed by atoms with van der Waals surface area (Å²) in [5.41, 5.74) is 2.20. The quantitative estimate of drug-likeness (QED) is 0.831. The zero-order valence-corrected chi connectivity index (χ0v) is 11.5. The third kappa shape index (κ3) is 3.23. The van der Waals surface area contributed by atoms with E-state index in [9.17, 15) is 0 Å². The van der Waals surface area contributed by atoms with Gasteiger partial charge in [-0.3, -0.25) is 0 Å². The second-order valence-electron chi connectivity index (χ2n) is 3.78. The molecule has 0 radical (unpaired) electrons. The minimum atomic E-state index is 0.680. The van der Waals surface area contributed by atoms with E-state index in [1.807, 2.05) is 31.1 Å². The molecule has 0 amide bonds. The van der Waals surface area contributed by atoms with Crippen LogP contribution >= 0.6 is 11.8 Å². The first-order valence-electron chi connectivity index (χ1n) is 6.12. The van der Waals surface area contributed by atoms with Crippen LogP contribution in [-0.2, 0) is 0 Å². The van der Waals surface area contributed by atoms with Crippen LogP contribution in [0.25, 0.3) is 11.1 Å². The standard InChI is InChI=1S/C14H17N3S/c1-3-15-14-16-9-12(10-17-14)11-5-7-13(8-6-11)18-4-2/h5-10H,3-4H2,1-2H3,(H,15,16,17). The van der Waals surface area contributed by atoms with Gasteiger partial charge in [-0.15, -0.1) is 11.8 Å². The first-order chi connectivity index (χ1) is 8.83. The van der Waals surface area contributed by atoms with Crippen LogP contribution in [0.1, 0.15) is 13.8 Å². The Morgan fingerprint density at radius 3 is 2.22 bits per heavy atom. The number of benzene rings is 1. The monoisotopic (exact) mass is 259 g/mol. The molecule has 0 saturated heterocycles. The highest BCUT2D eigenvalue weighted by Crippen LogP contribution is 2.23. The predicted molar refractivity (Wildman–Crippen MR) is 78.0 cm³/mol. The lowest BCUT2D eigenvalue weighted by atomic mass is 10.1. The molecule has 1 aromatic heterocycles. The number of nitrogens with zero attached hydrogens (tertiary/aromatic N) is 2. The minimum absolute atomic E-state index is 0.680. The molecule has 0 unspecified atom stereocenters. The van der Waals surface area contributed by atoms with Gasteiger partial charge in [-0.25, -0.2) is 9.97 Å². The Bertz CT molecular complexity index is 432. The molecule has 2 rings (SSSR count). The van der Waals surface area contributed by atoms with E-state index < -0.39 is 0 Å². The second kappa shape index (κ2) is 6.40. The number of hydrogen-bond acceptors (Lipinski definition) is 4. The molecular formula is C14H17N3S. The fraction of sp³-hybridized carbons (Fsp3) is 0.286. The Hall–Kier alpha value is -1.55. The summed E-state index contributed by atoms with van der Waals surface area (Å²) in [5, 5.41) is 3.09. The van der Waals surface area contributed by atoms with E-state index in [0.29, 0.717) is 5.95 Å². The van der Waals surface area contributed by atoms with Gasteiger partial charge in [-0.05, 0) is 30.4 Å². The predicted octanol–water partition coefficient (Wildman–Crippen LogP) is 3.69. The van der Waals surface area contributed by atoms with Gasteiger partial charge in [0.25, 0.3) is 0 Å². The van der Waals surface area contributed by atoms with E-state index in [1.165, 1.54) is 4.90 Å². The van der Waals surface area contributed by atoms with Gasteiger partial charge in [0.2, 0.25) is 5.95 Å². The molecule has 1 N–H and O–H groups in total. The Morgan fingerprint density at radius 1 is 1.00 bits per heavy atom. The summed E-state index contributed by atoms with van der Waals surface area (Å²) in [5.74, 6) is 1.78. The average molecular weight is 259 g/mol. The maximum atomic E-state index is 4.28. The molecule has 3 nitrogen and oxygen atoms in total. The Kier molecular flexibility index (Phi) is 4.59. The smallest absolute Gasteiger partial charge is 0.222 e. The highest BCUT2D eigenvalue weighted by atomic mass is 32.2. The number of nitrogens with one attached hydrogen (secondary N) is 1. The molecule has 0 atom stereocenters. The summed E-state index contributed by atoms with van der Waals surface area (Å²) >= 11 is 1.85. The Morgan fingerprint density at radius 2 is 1.67 bits per heavy atom. The molecule has 1 heterocycles. The fourth-order valence-corrected chi connectivity index (χ4v) is 2.30. The van der Waals surface area contributed by atoms with Crippen LogP contribution in [0.2, 0.25) is 0 Å². The molecule has 0 saturated carbocycles. The van der Waals surface area contributed by atoms with Crippen molar-refractivity contribution in [1.29, 1.82) is 0 Å². The first-order valence-corrected chi connectivity index (χ1v) is 7.11. The van der Waals surface area contributed by atoms with Gasteiger partial charge < -0.3 is 5.32 Å². The van der Waals surface area contributed by atoms with Gasteiger partial charge in [-0.1, -0.05) is 19.1 Å². The topological polar surface area (TPSA) is 37.8 Å². The summed E-state index contributed by atoms with van der Waals surface area (Å²) in [6, 6.07) is 8.51. The van der Waals surface area contributed by atoms with Crippen molar-refractivity contribution in [3.8, 4) is 11.1 Å². The lowest BCUT2D eigenvalue weighted by Gasteiger charge is -2.04. The van der Waals surface area contributed by atoms with Crippen molar-refractivity contribution < 1.29 is 0 Å². The molecular weight excluding hydrogens is 242 g/mol. The summed E-state index contributed by atoms with van der Waals surface area (Å²) < 4.78 is 0. The molecule has 94 valence electrons. The van der Waals surface area contributed by atoms with Gasteiger partial charge in [0.1, 0.15) is 0 Å². The number of thioether (sulfide) groups is 1. The highest BCUT2D eigenvalue weighted by Gasteiger charge is 2.00. The molecule has 0 spiro atoms. The van der Waals surface area contributed by atoms with E-state index in [1.54, 1.807) is 0 Å². The number of hydrogen-bond donors (Lipinski definition) is 1. The maximum Gasteiger partial charge on any atom is 0.222 e. The van der Waals surface area contributed by atoms with E-state index >= 15 is 0 Å². The van der Waals surface area contributed by atoms with Crippen LogP contribution in [0.15, 0.2) is 41.6 Å². The molecule has 0 fully saturated rings. The first kappa shape index (κ1) is 12.9. The van der Waals surface area contributed by atoms with Crippen molar-refractivity contribution in [2.24, 2.45) is 0 Å². The molecule has 1 aromatic carbocycles. The van der Waals surface area contributed by atoms with Crippen LogP contribution in [0, 0.1) is 0 Å². The largest absolute Gasteiger partial charge is 0.355 e. The van der Waals surface area contributed by atoms with Crippen LogP contribution in [-0.4, -0.2) is 22.3 Å². The second-order valence-corrected chi connectivity index (χ2v) is 5.12. The van der Waals surface area contributed by atoms with Gasteiger partial charge >= 0.3 is 0 Å². The third-order valence-electron chi connectivity index (χ3n) is 2.49. The number of aromatic nitrogens is 2. The number of anilines is 1. The lowest BCUT2D eigenvalue weighted by Crippen LogP contribution is -2.01. The van der Waals surface area contributed by atoms with Gasteiger partial charge in [0, 0.05) is 29.4 Å². The number of rotatable bonds is 5. The zero-order valence-electron chi connectivity index (χ0n) is 10.7. The Balaban J connectivity index is 2.15. The zero-order chi connectivity index (χ0) is 12.8. The summed E-state index contributed by atoms with van der Waals surface area (Å²) in [7, 11) is 0. The van der Waals surface area contributed by atoms with Gasteiger partial charge in [0.05, 0.1) is 0 Å².